The number of nitrogens with one attached hydrogen (secondary N) is 2. The van der Waals surface area contributed by atoms with Gasteiger partial charge in [-0.2, -0.15) is 0 Å². The van der Waals surface area contributed by atoms with Crippen molar-refractivity contribution in [2.24, 2.45) is 0 Å². The van der Waals surface area contributed by atoms with Crippen molar-refractivity contribution in [1.29, 1.82) is 0 Å². The average Bonchev–Trinajstić information content (AvgIpc) is 2.90. The van der Waals surface area contributed by atoms with Crippen LogP contribution in [-0.4, -0.2) is 11.9 Å². The van der Waals surface area contributed by atoms with Crippen LogP contribution >= 0.6 is 12.2 Å². The van der Waals surface area contributed by atoms with Crippen molar-refractivity contribution < 1.29 is 13.9 Å². The van der Waals surface area contributed by atoms with Crippen molar-refractivity contribution in [3.63, 3.8) is 0 Å². The smallest absolute Gasteiger partial charge is 0.231 e. The molecule has 108 valence electrons. The largest absolute Gasteiger partial charge is 0.454 e. The predicted molar refractivity (Wildman–Crippen MR) is 83.5 cm³/mol. The number of hydrogen-bond donors (Lipinski definition) is 2. The zero-order valence-electron chi connectivity index (χ0n) is 11.3. The molecule has 0 bridgehead atoms. The fourth-order valence-electron chi connectivity index (χ4n) is 1.99. The first-order valence-electron chi connectivity index (χ1n) is 6.35. The first kappa shape index (κ1) is 13.6. The van der Waals surface area contributed by atoms with Crippen LogP contribution in [-0.2, 0) is 0 Å². The third kappa shape index (κ3) is 3.05. The van der Waals surface area contributed by atoms with Crippen molar-refractivity contribution in [1.82, 2.24) is 0 Å². The molecule has 6 heteroatoms. The Bertz CT molecular complexity index is 706. The van der Waals surface area contributed by atoms with Gasteiger partial charge in [0.1, 0.15) is 5.82 Å². The molecule has 0 radical (unpaired) electrons. The van der Waals surface area contributed by atoms with Crippen LogP contribution in [0.4, 0.5) is 15.8 Å². The highest BCUT2D eigenvalue weighted by Crippen LogP contribution is 2.34. The van der Waals surface area contributed by atoms with Gasteiger partial charge < -0.3 is 20.1 Å². The minimum Gasteiger partial charge on any atom is -0.454 e. The molecular weight excluding hydrogens is 291 g/mol. The van der Waals surface area contributed by atoms with Crippen molar-refractivity contribution in [3.05, 3.63) is 47.8 Å². The summed E-state index contributed by atoms with van der Waals surface area (Å²) in [6.07, 6.45) is 0. The second-order valence-corrected chi connectivity index (χ2v) is 5.04. The minimum atomic E-state index is -0.351. The van der Waals surface area contributed by atoms with Crippen molar-refractivity contribution >= 4 is 28.7 Å². The van der Waals surface area contributed by atoms with Crippen molar-refractivity contribution in [2.75, 3.05) is 17.4 Å². The van der Waals surface area contributed by atoms with Gasteiger partial charge in [0.2, 0.25) is 6.79 Å². The third-order valence-corrected chi connectivity index (χ3v) is 3.20. The van der Waals surface area contributed by atoms with E-state index in [2.05, 4.69) is 10.6 Å². The quantitative estimate of drug-likeness (QED) is 0.829. The summed E-state index contributed by atoms with van der Waals surface area (Å²) in [6.45, 7) is 2.11. The summed E-state index contributed by atoms with van der Waals surface area (Å²) >= 11 is 5.19. The molecule has 1 aliphatic heterocycles. The number of benzene rings is 2. The second-order valence-electron chi connectivity index (χ2n) is 4.63. The van der Waals surface area contributed by atoms with Crippen LogP contribution < -0.4 is 20.1 Å². The first-order valence-corrected chi connectivity index (χ1v) is 6.76. The summed E-state index contributed by atoms with van der Waals surface area (Å²) in [5, 5.41) is 6.13. The highest BCUT2D eigenvalue weighted by molar-refractivity contribution is 7.80. The molecule has 0 atom stereocenters. The van der Waals surface area contributed by atoms with Crippen LogP contribution in [0.5, 0.6) is 11.5 Å². The minimum absolute atomic E-state index is 0.218. The Labute approximate surface area is 126 Å². The maximum absolute atomic E-state index is 13.7. The van der Waals surface area contributed by atoms with Crippen molar-refractivity contribution in [2.45, 2.75) is 6.92 Å². The maximum atomic E-state index is 13.7. The second kappa shape index (κ2) is 5.57. The van der Waals surface area contributed by atoms with Gasteiger partial charge in [-0.3, -0.25) is 0 Å². The van der Waals surface area contributed by atoms with Gasteiger partial charge in [0.25, 0.3) is 0 Å². The zero-order valence-corrected chi connectivity index (χ0v) is 12.1. The number of anilines is 2. The van der Waals surface area contributed by atoms with Gasteiger partial charge >= 0.3 is 0 Å². The number of rotatable bonds is 2. The Morgan fingerprint density at radius 2 is 1.90 bits per heavy atom. The van der Waals surface area contributed by atoms with E-state index in [-0.39, 0.29) is 12.6 Å². The molecule has 0 spiro atoms. The molecule has 4 nitrogen and oxygen atoms in total. The van der Waals surface area contributed by atoms with Crippen LogP contribution in [0.25, 0.3) is 0 Å². The maximum Gasteiger partial charge on any atom is 0.231 e. The van der Waals surface area contributed by atoms with E-state index in [0.29, 0.717) is 22.3 Å². The molecule has 1 aliphatic rings. The Balaban J connectivity index is 1.70. The van der Waals surface area contributed by atoms with E-state index in [4.69, 9.17) is 21.7 Å². The van der Waals surface area contributed by atoms with Crippen molar-refractivity contribution in [3.8, 4) is 11.5 Å². The zero-order chi connectivity index (χ0) is 14.8. The lowest BCUT2D eigenvalue weighted by molar-refractivity contribution is 0.174. The Kier molecular flexibility index (Phi) is 3.62. The monoisotopic (exact) mass is 304 g/mol. The molecule has 0 saturated heterocycles. The number of ether oxygens (including phenoxy) is 2. The van der Waals surface area contributed by atoms with Gasteiger partial charge in [-0.15, -0.1) is 0 Å². The summed E-state index contributed by atoms with van der Waals surface area (Å²) in [5.74, 6) is 1.00. The standard InChI is InChI=1S/C15H13FN2O2S/c1-9-2-4-11(16)12(6-9)18-15(21)17-10-3-5-13-14(7-10)20-8-19-13/h2-7H,8H2,1H3,(H2,17,18,21). The number of fused-ring (bicyclic) bond motifs is 1. The molecule has 21 heavy (non-hydrogen) atoms. The van der Waals surface area contributed by atoms with Gasteiger partial charge in [0.05, 0.1) is 5.69 Å². The van der Waals surface area contributed by atoms with E-state index in [1.54, 1.807) is 24.3 Å². The highest BCUT2D eigenvalue weighted by Gasteiger charge is 2.13. The summed E-state index contributed by atoms with van der Waals surface area (Å²) in [5.41, 5.74) is 2.03. The molecule has 3 rings (SSSR count). The lowest BCUT2D eigenvalue weighted by atomic mass is 10.2. The van der Waals surface area contributed by atoms with Gasteiger partial charge in [-0.25, -0.2) is 4.39 Å². The third-order valence-electron chi connectivity index (χ3n) is 3.00. The molecule has 0 unspecified atom stereocenters. The summed E-state index contributed by atoms with van der Waals surface area (Å²) < 4.78 is 24.2. The SMILES string of the molecule is Cc1ccc(F)c(NC(=S)Nc2ccc3c(c2)OCO3)c1. The Morgan fingerprint density at radius 1 is 1.10 bits per heavy atom. The Hall–Kier alpha value is -2.34. The molecule has 0 fully saturated rings. The number of halogens is 1. The van der Waals surface area contributed by atoms with Crippen LogP contribution in [0.1, 0.15) is 5.56 Å². The molecular formula is C15H13FN2O2S. The molecule has 2 aromatic rings. The molecule has 2 aromatic carbocycles. The molecule has 0 amide bonds. The van der Waals surface area contributed by atoms with Crippen LogP contribution in [0, 0.1) is 12.7 Å². The van der Waals surface area contributed by atoms with Gasteiger partial charge in [-0.05, 0) is 49.0 Å². The average molecular weight is 304 g/mol. The van der Waals surface area contributed by atoms with E-state index < -0.39 is 0 Å². The fourth-order valence-corrected chi connectivity index (χ4v) is 2.22. The van der Waals surface area contributed by atoms with E-state index in [1.165, 1.54) is 6.07 Å². The first-order chi connectivity index (χ1) is 10.1. The molecule has 0 saturated carbocycles. The highest BCUT2D eigenvalue weighted by atomic mass is 32.1. The summed E-state index contributed by atoms with van der Waals surface area (Å²) in [6, 6.07) is 10.2. The van der Waals surface area contributed by atoms with Gasteiger partial charge in [0, 0.05) is 11.8 Å². The van der Waals surface area contributed by atoms with E-state index >= 15 is 0 Å². The summed E-state index contributed by atoms with van der Waals surface area (Å²) in [4.78, 5) is 0. The van der Waals surface area contributed by atoms with Crippen LogP contribution in [0.2, 0.25) is 0 Å². The number of thiocarbonyl (C=S) groups is 1. The summed E-state index contributed by atoms with van der Waals surface area (Å²) in [7, 11) is 0. The Morgan fingerprint density at radius 3 is 2.76 bits per heavy atom. The van der Waals surface area contributed by atoms with E-state index in [9.17, 15) is 4.39 Å². The topological polar surface area (TPSA) is 42.5 Å². The number of hydrogen-bond acceptors (Lipinski definition) is 3. The molecule has 0 aromatic heterocycles. The predicted octanol–water partition coefficient (Wildman–Crippen LogP) is 3.67. The van der Waals surface area contributed by atoms with E-state index in [0.717, 1.165) is 11.3 Å². The molecule has 0 aliphatic carbocycles. The van der Waals surface area contributed by atoms with Gasteiger partial charge in [-0.1, -0.05) is 6.07 Å². The van der Waals surface area contributed by atoms with Crippen LogP contribution in [0.15, 0.2) is 36.4 Å². The number of aryl methyl sites for hydroxylation is 1. The molecule has 1 heterocycles. The molecule has 2 N–H and O–H groups in total. The van der Waals surface area contributed by atoms with Crippen LogP contribution in [0.3, 0.4) is 0 Å². The van der Waals surface area contributed by atoms with E-state index in [1.807, 2.05) is 13.0 Å². The van der Waals surface area contributed by atoms with Gasteiger partial charge in [0.15, 0.2) is 16.6 Å². The lowest BCUT2D eigenvalue weighted by Crippen LogP contribution is -2.19. The lowest BCUT2D eigenvalue weighted by Gasteiger charge is -2.12. The normalized spacial score (nSPS) is 12.1. The fraction of sp³-hybridized carbons (Fsp3) is 0.133.